The molecule has 3 rings (SSSR count). The summed E-state index contributed by atoms with van der Waals surface area (Å²) in [5, 5.41) is 2.80. The Labute approximate surface area is 98.8 Å². The number of nitrogens with one attached hydrogen (secondary N) is 2. The van der Waals surface area contributed by atoms with Crippen molar-refractivity contribution in [1.82, 2.24) is 15.3 Å². The number of nitrogens with zero attached hydrogens (tertiary/aromatic N) is 2. The van der Waals surface area contributed by atoms with Crippen molar-refractivity contribution in [3.8, 4) is 0 Å². The number of H-pyrrole nitrogens is 1. The molecule has 1 aromatic heterocycles. The van der Waals surface area contributed by atoms with E-state index in [0.717, 1.165) is 23.5 Å². The molecule has 0 aliphatic carbocycles. The molecular formula is C12H14N4O. The Balaban J connectivity index is 1.97. The predicted octanol–water partition coefficient (Wildman–Crippen LogP) is 0.808. The zero-order valence-electron chi connectivity index (χ0n) is 9.66. The molecule has 1 aromatic carbocycles. The Morgan fingerprint density at radius 1 is 1.41 bits per heavy atom. The van der Waals surface area contributed by atoms with Crippen molar-refractivity contribution >= 4 is 22.9 Å². The molecule has 1 aliphatic heterocycles. The molecule has 5 heteroatoms. The standard InChI is InChI=1S/C12H14N4O/c1-8-2-3-9-10(6-8)15-12(14-9)16-5-4-13-11(17)7-16/h2-3,6H,4-5,7H2,1H3,(H,13,17)(H,14,15). The van der Waals surface area contributed by atoms with E-state index >= 15 is 0 Å². The molecule has 5 nitrogen and oxygen atoms in total. The molecule has 2 heterocycles. The van der Waals surface area contributed by atoms with Crippen molar-refractivity contribution in [2.45, 2.75) is 6.92 Å². The average Bonchev–Trinajstić information content (AvgIpc) is 2.72. The van der Waals surface area contributed by atoms with E-state index in [1.807, 2.05) is 30.0 Å². The van der Waals surface area contributed by atoms with E-state index in [2.05, 4.69) is 15.3 Å². The molecule has 0 radical (unpaired) electrons. The van der Waals surface area contributed by atoms with Gasteiger partial charge in [0.25, 0.3) is 0 Å². The minimum Gasteiger partial charge on any atom is -0.353 e. The summed E-state index contributed by atoms with van der Waals surface area (Å²) in [6, 6.07) is 6.11. The van der Waals surface area contributed by atoms with Crippen molar-refractivity contribution in [2.24, 2.45) is 0 Å². The van der Waals surface area contributed by atoms with Gasteiger partial charge >= 0.3 is 0 Å². The second-order valence-electron chi connectivity index (χ2n) is 4.35. The van der Waals surface area contributed by atoms with Crippen molar-refractivity contribution in [3.05, 3.63) is 23.8 Å². The van der Waals surface area contributed by atoms with Gasteiger partial charge in [-0.15, -0.1) is 0 Å². The van der Waals surface area contributed by atoms with Gasteiger partial charge in [-0.1, -0.05) is 6.07 Å². The summed E-state index contributed by atoms with van der Waals surface area (Å²) < 4.78 is 0. The normalized spacial score (nSPS) is 16.3. The Bertz CT molecular complexity index is 575. The van der Waals surface area contributed by atoms with Gasteiger partial charge in [-0.2, -0.15) is 0 Å². The van der Waals surface area contributed by atoms with Gasteiger partial charge in [0.05, 0.1) is 17.6 Å². The van der Waals surface area contributed by atoms with Gasteiger partial charge in [0.2, 0.25) is 11.9 Å². The minimum absolute atomic E-state index is 0.0490. The van der Waals surface area contributed by atoms with E-state index in [-0.39, 0.29) is 5.91 Å². The van der Waals surface area contributed by atoms with Crippen molar-refractivity contribution in [3.63, 3.8) is 0 Å². The zero-order valence-corrected chi connectivity index (χ0v) is 9.66. The zero-order chi connectivity index (χ0) is 11.8. The summed E-state index contributed by atoms with van der Waals surface area (Å²) in [5.41, 5.74) is 3.15. The molecule has 1 aliphatic rings. The number of hydrogen-bond donors (Lipinski definition) is 2. The second kappa shape index (κ2) is 3.76. The smallest absolute Gasteiger partial charge is 0.239 e. The summed E-state index contributed by atoms with van der Waals surface area (Å²) in [6.45, 7) is 3.89. The molecule has 0 atom stereocenters. The lowest BCUT2D eigenvalue weighted by Gasteiger charge is -2.25. The predicted molar refractivity (Wildman–Crippen MR) is 66.1 cm³/mol. The first-order chi connectivity index (χ1) is 8.22. The summed E-state index contributed by atoms with van der Waals surface area (Å²) >= 11 is 0. The molecule has 0 bridgehead atoms. The van der Waals surface area contributed by atoms with Gasteiger partial charge in [0.15, 0.2) is 0 Å². The number of aryl methyl sites for hydroxylation is 1. The number of aromatic nitrogens is 2. The largest absolute Gasteiger partial charge is 0.353 e. The lowest BCUT2D eigenvalue weighted by molar-refractivity contribution is -0.120. The number of imidazole rings is 1. The fraction of sp³-hybridized carbons (Fsp3) is 0.333. The van der Waals surface area contributed by atoms with Crippen LogP contribution in [0.15, 0.2) is 18.2 Å². The quantitative estimate of drug-likeness (QED) is 0.762. The van der Waals surface area contributed by atoms with Crippen LogP contribution in [-0.4, -0.2) is 35.5 Å². The van der Waals surface area contributed by atoms with Crippen LogP contribution in [0, 0.1) is 6.92 Å². The topological polar surface area (TPSA) is 61.0 Å². The van der Waals surface area contributed by atoms with Crippen LogP contribution in [0.5, 0.6) is 0 Å². The highest BCUT2D eigenvalue weighted by atomic mass is 16.2. The van der Waals surface area contributed by atoms with Gasteiger partial charge in [-0.25, -0.2) is 4.98 Å². The maximum absolute atomic E-state index is 11.3. The van der Waals surface area contributed by atoms with E-state index < -0.39 is 0 Å². The Morgan fingerprint density at radius 3 is 3.12 bits per heavy atom. The van der Waals surface area contributed by atoms with Crippen molar-refractivity contribution < 1.29 is 4.79 Å². The molecule has 1 amide bonds. The van der Waals surface area contributed by atoms with Crippen LogP contribution in [0.25, 0.3) is 11.0 Å². The molecular weight excluding hydrogens is 216 g/mol. The van der Waals surface area contributed by atoms with E-state index in [1.54, 1.807) is 0 Å². The Hall–Kier alpha value is -2.04. The van der Waals surface area contributed by atoms with Gasteiger partial charge < -0.3 is 15.2 Å². The first-order valence-corrected chi connectivity index (χ1v) is 5.70. The highest BCUT2D eigenvalue weighted by molar-refractivity contribution is 5.83. The van der Waals surface area contributed by atoms with Crippen LogP contribution in [-0.2, 0) is 4.79 Å². The number of piperazine rings is 1. The maximum Gasteiger partial charge on any atom is 0.239 e. The number of benzene rings is 1. The first-order valence-electron chi connectivity index (χ1n) is 5.70. The fourth-order valence-electron chi connectivity index (χ4n) is 2.07. The number of fused-ring (bicyclic) bond motifs is 1. The maximum atomic E-state index is 11.3. The van der Waals surface area contributed by atoms with Gasteiger partial charge in [0, 0.05) is 13.1 Å². The fourth-order valence-corrected chi connectivity index (χ4v) is 2.07. The number of hydrogen-bond acceptors (Lipinski definition) is 3. The number of carbonyl (C=O) groups excluding carboxylic acids is 1. The molecule has 0 spiro atoms. The van der Waals surface area contributed by atoms with E-state index in [1.165, 1.54) is 5.56 Å². The van der Waals surface area contributed by atoms with Crippen LogP contribution in [0.1, 0.15) is 5.56 Å². The molecule has 0 unspecified atom stereocenters. The summed E-state index contributed by atoms with van der Waals surface area (Å²) in [7, 11) is 0. The average molecular weight is 230 g/mol. The van der Waals surface area contributed by atoms with E-state index in [9.17, 15) is 4.79 Å². The number of rotatable bonds is 1. The second-order valence-corrected chi connectivity index (χ2v) is 4.35. The summed E-state index contributed by atoms with van der Waals surface area (Å²) in [6.07, 6.45) is 0. The summed E-state index contributed by atoms with van der Waals surface area (Å²) in [4.78, 5) is 21.1. The molecule has 2 aromatic rings. The Morgan fingerprint density at radius 2 is 2.29 bits per heavy atom. The lowest BCUT2D eigenvalue weighted by Crippen LogP contribution is -2.48. The number of anilines is 1. The minimum atomic E-state index is 0.0490. The number of carbonyl (C=O) groups is 1. The highest BCUT2D eigenvalue weighted by Gasteiger charge is 2.18. The van der Waals surface area contributed by atoms with Gasteiger partial charge in [-0.3, -0.25) is 4.79 Å². The van der Waals surface area contributed by atoms with Gasteiger partial charge in [0.1, 0.15) is 0 Å². The molecule has 17 heavy (non-hydrogen) atoms. The molecule has 2 N–H and O–H groups in total. The highest BCUT2D eigenvalue weighted by Crippen LogP contribution is 2.18. The first kappa shape index (κ1) is 10.1. The molecule has 1 fully saturated rings. The van der Waals surface area contributed by atoms with Crippen molar-refractivity contribution in [2.75, 3.05) is 24.5 Å². The third kappa shape index (κ3) is 1.84. The van der Waals surface area contributed by atoms with E-state index in [4.69, 9.17) is 0 Å². The van der Waals surface area contributed by atoms with Crippen LogP contribution in [0.4, 0.5) is 5.95 Å². The van der Waals surface area contributed by atoms with Gasteiger partial charge in [-0.05, 0) is 24.6 Å². The summed E-state index contributed by atoms with van der Waals surface area (Å²) in [5.74, 6) is 0.827. The SMILES string of the molecule is Cc1ccc2[nH]c(N3CCNC(=O)C3)nc2c1. The third-order valence-electron chi connectivity index (χ3n) is 2.96. The van der Waals surface area contributed by atoms with Crippen LogP contribution in [0.3, 0.4) is 0 Å². The number of amides is 1. The lowest BCUT2D eigenvalue weighted by atomic mass is 10.2. The monoisotopic (exact) mass is 230 g/mol. The van der Waals surface area contributed by atoms with Crippen LogP contribution < -0.4 is 10.2 Å². The van der Waals surface area contributed by atoms with Crippen LogP contribution in [0.2, 0.25) is 0 Å². The Kier molecular flexibility index (Phi) is 2.24. The molecule has 1 saturated heterocycles. The molecule has 0 saturated carbocycles. The molecule has 88 valence electrons. The van der Waals surface area contributed by atoms with Crippen LogP contribution >= 0.6 is 0 Å². The third-order valence-corrected chi connectivity index (χ3v) is 2.96. The van der Waals surface area contributed by atoms with Crippen molar-refractivity contribution in [1.29, 1.82) is 0 Å². The number of aromatic amines is 1. The van der Waals surface area contributed by atoms with E-state index in [0.29, 0.717) is 13.1 Å².